The maximum atomic E-state index is 10.9. The molecule has 3 rings (SSSR count). The lowest BCUT2D eigenvalue weighted by molar-refractivity contribution is 0.112. The van der Waals surface area contributed by atoms with Gasteiger partial charge in [-0.2, -0.15) is 0 Å². The summed E-state index contributed by atoms with van der Waals surface area (Å²) in [4.78, 5) is 15.6. The van der Waals surface area contributed by atoms with Gasteiger partial charge in [0.1, 0.15) is 5.75 Å². The van der Waals surface area contributed by atoms with Gasteiger partial charge in [0.25, 0.3) is 0 Å². The van der Waals surface area contributed by atoms with Gasteiger partial charge in [0, 0.05) is 31.7 Å². The first kappa shape index (κ1) is 11.4. The van der Waals surface area contributed by atoms with Crippen molar-refractivity contribution in [3.8, 4) is 5.75 Å². The minimum atomic E-state index is 0.0901. The van der Waals surface area contributed by atoms with E-state index in [4.69, 9.17) is 0 Å². The third-order valence-electron chi connectivity index (χ3n) is 4.09. The van der Waals surface area contributed by atoms with Crippen LogP contribution in [0.15, 0.2) is 12.1 Å². The topological polar surface area (TPSA) is 43.8 Å². The number of phenols is 1. The molecule has 0 aromatic heterocycles. The van der Waals surface area contributed by atoms with E-state index in [1.807, 2.05) is 6.07 Å². The Kier molecular flexibility index (Phi) is 2.65. The first-order chi connectivity index (χ1) is 8.74. The van der Waals surface area contributed by atoms with E-state index in [9.17, 15) is 9.90 Å². The van der Waals surface area contributed by atoms with Crippen molar-refractivity contribution in [2.45, 2.75) is 25.8 Å². The smallest absolute Gasteiger partial charge is 0.153 e. The molecule has 2 aliphatic rings. The van der Waals surface area contributed by atoms with Crippen LogP contribution in [-0.2, 0) is 0 Å². The van der Waals surface area contributed by atoms with E-state index in [0.717, 1.165) is 37.3 Å². The average molecular weight is 246 g/mol. The molecule has 18 heavy (non-hydrogen) atoms. The van der Waals surface area contributed by atoms with Gasteiger partial charge in [-0.15, -0.1) is 0 Å². The van der Waals surface area contributed by atoms with Crippen LogP contribution in [0.25, 0.3) is 0 Å². The van der Waals surface area contributed by atoms with E-state index in [1.54, 1.807) is 6.07 Å². The predicted molar refractivity (Wildman–Crippen MR) is 71.7 cm³/mol. The van der Waals surface area contributed by atoms with Gasteiger partial charge >= 0.3 is 0 Å². The zero-order chi connectivity index (χ0) is 12.7. The number of hydrogen-bond donors (Lipinski definition) is 1. The van der Waals surface area contributed by atoms with Gasteiger partial charge in [-0.1, -0.05) is 0 Å². The highest BCUT2D eigenvalue weighted by molar-refractivity contribution is 5.87. The van der Waals surface area contributed by atoms with Crippen molar-refractivity contribution in [1.29, 1.82) is 0 Å². The Morgan fingerprint density at radius 1 is 1.44 bits per heavy atom. The summed E-state index contributed by atoms with van der Waals surface area (Å²) in [6.45, 7) is 5.13. The van der Waals surface area contributed by atoms with E-state index in [1.165, 1.54) is 12.8 Å². The third kappa shape index (κ3) is 1.55. The van der Waals surface area contributed by atoms with E-state index in [2.05, 4.69) is 16.7 Å². The van der Waals surface area contributed by atoms with Gasteiger partial charge < -0.3 is 14.9 Å². The number of aromatic hydroxyl groups is 1. The number of carbonyl (C=O) groups is 1. The number of fused-ring (bicyclic) bond motifs is 3. The van der Waals surface area contributed by atoms with Crippen molar-refractivity contribution in [2.24, 2.45) is 0 Å². The maximum Gasteiger partial charge on any atom is 0.153 e. The van der Waals surface area contributed by atoms with Crippen molar-refractivity contribution >= 4 is 17.7 Å². The van der Waals surface area contributed by atoms with Crippen LogP contribution < -0.4 is 9.80 Å². The first-order valence-corrected chi connectivity index (χ1v) is 6.58. The number of rotatable bonds is 2. The summed E-state index contributed by atoms with van der Waals surface area (Å²) in [5, 5.41) is 9.87. The lowest BCUT2D eigenvalue weighted by Gasteiger charge is -2.41. The highest BCUT2D eigenvalue weighted by Crippen LogP contribution is 2.42. The quantitative estimate of drug-likeness (QED) is 0.811. The summed E-state index contributed by atoms with van der Waals surface area (Å²) in [6, 6.07) is 4.12. The summed E-state index contributed by atoms with van der Waals surface area (Å²) in [6.07, 6.45) is 3.14. The predicted octanol–water partition coefficient (Wildman–Crippen LogP) is 2.01. The zero-order valence-electron chi connectivity index (χ0n) is 10.6. The molecule has 2 heterocycles. The van der Waals surface area contributed by atoms with Crippen LogP contribution in [0.2, 0.25) is 0 Å². The largest absolute Gasteiger partial charge is 0.507 e. The molecule has 1 aromatic rings. The van der Waals surface area contributed by atoms with Crippen LogP contribution in [0.3, 0.4) is 0 Å². The van der Waals surface area contributed by atoms with Gasteiger partial charge in [-0.25, -0.2) is 0 Å². The van der Waals surface area contributed by atoms with Crippen molar-refractivity contribution in [3.05, 3.63) is 17.7 Å². The number of hydrogen-bond acceptors (Lipinski definition) is 4. The molecule has 96 valence electrons. The number of benzene rings is 1. The molecule has 1 unspecified atom stereocenters. The lowest BCUT2D eigenvalue weighted by atomic mass is 10.0. The van der Waals surface area contributed by atoms with E-state index in [0.29, 0.717) is 11.6 Å². The molecule has 4 nitrogen and oxygen atoms in total. The lowest BCUT2D eigenvalue weighted by Crippen LogP contribution is -2.45. The Bertz CT molecular complexity index is 487. The van der Waals surface area contributed by atoms with E-state index < -0.39 is 0 Å². The van der Waals surface area contributed by atoms with Crippen LogP contribution in [0, 0.1) is 0 Å². The normalized spacial score (nSPS) is 21.7. The Labute approximate surface area is 107 Å². The number of phenolic OH excluding ortho intramolecular Hbond substituents is 1. The molecular weight excluding hydrogens is 228 g/mol. The highest BCUT2D eigenvalue weighted by Gasteiger charge is 2.34. The molecule has 0 aliphatic carbocycles. The molecule has 1 aromatic carbocycles. The summed E-state index contributed by atoms with van der Waals surface area (Å²) < 4.78 is 0. The fourth-order valence-electron chi connectivity index (χ4n) is 3.15. The Hall–Kier alpha value is -1.71. The standard InChI is InChI=1S/C14H18N2O2/c1-2-15-8-11-4-3-5-16(11)13-7-14(18)10(9-17)6-12(13)15/h6-7,9,11,18H,2-5,8H2,1H3. The molecule has 1 saturated heterocycles. The van der Waals surface area contributed by atoms with Gasteiger partial charge in [0.15, 0.2) is 6.29 Å². The van der Waals surface area contributed by atoms with Crippen LogP contribution >= 0.6 is 0 Å². The Morgan fingerprint density at radius 2 is 2.28 bits per heavy atom. The van der Waals surface area contributed by atoms with E-state index in [-0.39, 0.29) is 5.75 Å². The monoisotopic (exact) mass is 246 g/mol. The number of likely N-dealkylation sites (N-methyl/N-ethyl adjacent to an activating group) is 1. The molecule has 2 aliphatic heterocycles. The third-order valence-corrected chi connectivity index (χ3v) is 4.09. The molecule has 0 radical (unpaired) electrons. The molecule has 0 bridgehead atoms. The molecule has 1 atom stereocenters. The molecule has 0 amide bonds. The Morgan fingerprint density at radius 3 is 3.00 bits per heavy atom. The second-order valence-electron chi connectivity index (χ2n) is 5.05. The summed E-state index contributed by atoms with van der Waals surface area (Å²) in [5.41, 5.74) is 2.54. The first-order valence-electron chi connectivity index (χ1n) is 6.58. The van der Waals surface area contributed by atoms with Crippen molar-refractivity contribution in [3.63, 3.8) is 0 Å². The summed E-state index contributed by atoms with van der Waals surface area (Å²) in [5.74, 6) is 0.0901. The van der Waals surface area contributed by atoms with Crippen LogP contribution in [0.5, 0.6) is 5.75 Å². The molecule has 0 saturated carbocycles. The second-order valence-corrected chi connectivity index (χ2v) is 5.05. The summed E-state index contributed by atoms with van der Waals surface area (Å²) in [7, 11) is 0. The van der Waals surface area contributed by atoms with Crippen molar-refractivity contribution in [2.75, 3.05) is 29.4 Å². The minimum Gasteiger partial charge on any atom is -0.507 e. The van der Waals surface area contributed by atoms with Gasteiger partial charge in [-0.05, 0) is 25.8 Å². The summed E-state index contributed by atoms with van der Waals surface area (Å²) >= 11 is 0. The molecule has 0 spiro atoms. The van der Waals surface area contributed by atoms with Crippen molar-refractivity contribution < 1.29 is 9.90 Å². The van der Waals surface area contributed by atoms with Crippen LogP contribution in [0.4, 0.5) is 11.4 Å². The number of carbonyl (C=O) groups excluding carboxylic acids is 1. The molecule has 1 fully saturated rings. The molecule has 1 N–H and O–H groups in total. The molecular formula is C14H18N2O2. The van der Waals surface area contributed by atoms with Gasteiger partial charge in [0.2, 0.25) is 0 Å². The van der Waals surface area contributed by atoms with Gasteiger partial charge in [0.05, 0.1) is 16.9 Å². The number of nitrogens with zero attached hydrogens (tertiary/aromatic N) is 2. The van der Waals surface area contributed by atoms with Crippen molar-refractivity contribution in [1.82, 2.24) is 0 Å². The minimum absolute atomic E-state index is 0.0901. The average Bonchev–Trinajstić information content (AvgIpc) is 2.85. The zero-order valence-corrected chi connectivity index (χ0v) is 10.6. The second kappa shape index (κ2) is 4.19. The van der Waals surface area contributed by atoms with Gasteiger partial charge in [-0.3, -0.25) is 4.79 Å². The molecule has 4 heteroatoms. The highest BCUT2D eigenvalue weighted by atomic mass is 16.3. The van der Waals surface area contributed by atoms with E-state index >= 15 is 0 Å². The number of anilines is 2. The van der Waals surface area contributed by atoms with Crippen LogP contribution in [0.1, 0.15) is 30.1 Å². The maximum absolute atomic E-state index is 10.9. The SMILES string of the molecule is CCN1CC2CCCN2c2cc(O)c(C=O)cc21. The van der Waals surface area contributed by atoms with Crippen LogP contribution in [-0.4, -0.2) is 37.1 Å². The Balaban J connectivity index is 2.13. The fourth-order valence-corrected chi connectivity index (χ4v) is 3.15. The number of aldehydes is 1. The fraction of sp³-hybridized carbons (Fsp3) is 0.500.